The fourth-order valence-electron chi connectivity index (χ4n) is 2.64. The Morgan fingerprint density at radius 3 is 2.83 bits per heavy atom. The first-order valence-corrected chi connectivity index (χ1v) is 8.40. The van der Waals surface area contributed by atoms with Crippen LogP contribution in [0.5, 0.6) is 11.5 Å². The third kappa shape index (κ3) is 2.69. The van der Waals surface area contributed by atoms with Crippen LogP contribution in [0.25, 0.3) is 0 Å². The summed E-state index contributed by atoms with van der Waals surface area (Å²) in [7, 11) is 0. The summed E-state index contributed by atoms with van der Waals surface area (Å²) in [5.41, 5.74) is 1.41. The number of carbonyl (C=O) groups is 2. The van der Waals surface area contributed by atoms with Gasteiger partial charge < -0.3 is 19.7 Å². The van der Waals surface area contributed by atoms with E-state index < -0.39 is 0 Å². The topological polar surface area (TPSA) is 80.8 Å². The first kappa shape index (κ1) is 14.9. The van der Waals surface area contributed by atoms with Gasteiger partial charge in [0.05, 0.1) is 11.6 Å². The fraction of sp³-hybridized carbons (Fsp3) is 0.312. The number of aromatic nitrogens is 1. The molecule has 1 aromatic carbocycles. The molecule has 0 aliphatic carbocycles. The molecule has 2 aromatic rings. The second-order valence-corrected chi connectivity index (χ2v) is 6.62. The number of hydrogen-bond donors (Lipinski definition) is 1. The summed E-state index contributed by atoms with van der Waals surface area (Å²) in [4.78, 5) is 30.4. The van der Waals surface area contributed by atoms with Gasteiger partial charge in [0.25, 0.3) is 5.91 Å². The Kier molecular flexibility index (Phi) is 3.61. The van der Waals surface area contributed by atoms with E-state index in [1.54, 1.807) is 23.1 Å². The van der Waals surface area contributed by atoms with Crippen LogP contribution in [-0.4, -0.2) is 41.6 Å². The van der Waals surface area contributed by atoms with Crippen molar-refractivity contribution in [1.29, 1.82) is 0 Å². The van der Waals surface area contributed by atoms with E-state index >= 15 is 0 Å². The molecule has 4 rings (SSSR count). The molecule has 1 fully saturated rings. The Labute approximate surface area is 142 Å². The van der Waals surface area contributed by atoms with Crippen LogP contribution in [-0.2, 0) is 4.79 Å². The molecule has 8 heteroatoms. The highest BCUT2D eigenvalue weighted by atomic mass is 32.1. The molecule has 0 unspecified atom stereocenters. The number of carbonyl (C=O) groups excluding carboxylic acids is 2. The van der Waals surface area contributed by atoms with Gasteiger partial charge in [0.2, 0.25) is 12.7 Å². The number of ether oxygens (including phenoxy) is 2. The zero-order valence-electron chi connectivity index (χ0n) is 12.9. The van der Waals surface area contributed by atoms with Crippen LogP contribution in [0.15, 0.2) is 23.6 Å². The molecule has 3 heterocycles. The van der Waals surface area contributed by atoms with Crippen molar-refractivity contribution in [2.75, 3.05) is 25.2 Å². The van der Waals surface area contributed by atoms with Gasteiger partial charge in [-0.1, -0.05) is 0 Å². The van der Waals surface area contributed by atoms with Gasteiger partial charge in [0.1, 0.15) is 0 Å². The van der Waals surface area contributed by atoms with Crippen LogP contribution in [0.3, 0.4) is 0 Å². The normalized spacial score (nSPS) is 16.0. The van der Waals surface area contributed by atoms with Crippen LogP contribution >= 0.6 is 11.3 Å². The minimum atomic E-state index is -0.202. The largest absolute Gasteiger partial charge is 0.454 e. The van der Waals surface area contributed by atoms with E-state index in [-0.39, 0.29) is 24.5 Å². The van der Waals surface area contributed by atoms with Gasteiger partial charge in [-0.05, 0) is 25.1 Å². The van der Waals surface area contributed by atoms with Crippen LogP contribution in [0.4, 0.5) is 5.13 Å². The molecule has 1 aromatic heterocycles. The van der Waals surface area contributed by atoms with Crippen LogP contribution in [0.1, 0.15) is 16.1 Å². The number of rotatable bonds is 3. The zero-order valence-corrected chi connectivity index (χ0v) is 13.8. The Hall–Kier alpha value is -2.61. The molecular formula is C16H15N3O4S. The number of benzene rings is 1. The van der Waals surface area contributed by atoms with Gasteiger partial charge in [-0.25, -0.2) is 4.98 Å². The quantitative estimate of drug-likeness (QED) is 0.919. The van der Waals surface area contributed by atoms with E-state index in [1.807, 2.05) is 12.3 Å². The van der Waals surface area contributed by atoms with Gasteiger partial charge in [0.15, 0.2) is 16.6 Å². The maximum Gasteiger partial charge on any atom is 0.254 e. The smallest absolute Gasteiger partial charge is 0.254 e. The predicted octanol–water partition coefficient (Wildman–Crippen LogP) is 1.89. The molecule has 0 radical (unpaired) electrons. The van der Waals surface area contributed by atoms with E-state index in [1.165, 1.54) is 11.3 Å². The lowest BCUT2D eigenvalue weighted by atomic mass is 9.98. The van der Waals surface area contributed by atoms with Crippen molar-refractivity contribution in [3.63, 3.8) is 0 Å². The number of anilines is 1. The highest BCUT2D eigenvalue weighted by molar-refractivity contribution is 7.13. The van der Waals surface area contributed by atoms with Crippen molar-refractivity contribution >= 4 is 28.3 Å². The van der Waals surface area contributed by atoms with E-state index in [9.17, 15) is 9.59 Å². The number of hydrogen-bond acceptors (Lipinski definition) is 6. The lowest BCUT2D eigenvalue weighted by molar-refractivity contribution is -0.123. The minimum Gasteiger partial charge on any atom is -0.454 e. The molecule has 0 saturated carbocycles. The van der Waals surface area contributed by atoms with Crippen molar-refractivity contribution in [2.45, 2.75) is 6.92 Å². The number of aryl methyl sites for hydroxylation is 1. The Morgan fingerprint density at radius 1 is 1.29 bits per heavy atom. The van der Waals surface area contributed by atoms with Crippen LogP contribution < -0.4 is 14.8 Å². The number of nitrogens with zero attached hydrogens (tertiary/aromatic N) is 2. The first-order valence-electron chi connectivity index (χ1n) is 7.52. The number of nitrogens with one attached hydrogen (secondary N) is 1. The highest BCUT2D eigenvalue weighted by Gasteiger charge is 2.36. The maximum atomic E-state index is 12.4. The highest BCUT2D eigenvalue weighted by Crippen LogP contribution is 2.33. The maximum absolute atomic E-state index is 12.4. The minimum absolute atomic E-state index is 0.0981. The van der Waals surface area contributed by atoms with Gasteiger partial charge in [-0.3, -0.25) is 9.59 Å². The van der Waals surface area contributed by atoms with Crippen LogP contribution in [0, 0.1) is 12.8 Å². The van der Waals surface area contributed by atoms with Gasteiger partial charge in [-0.2, -0.15) is 0 Å². The average molecular weight is 345 g/mol. The summed E-state index contributed by atoms with van der Waals surface area (Å²) >= 11 is 1.40. The van der Waals surface area contributed by atoms with Crippen molar-refractivity contribution in [3.05, 3.63) is 34.8 Å². The fourth-order valence-corrected chi connectivity index (χ4v) is 3.33. The van der Waals surface area contributed by atoms with Gasteiger partial charge in [0, 0.05) is 24.0 Å². The standard InChI is InChI=1S/C16H15N3O4S/c1-9-7-24-16(17-9)18-14(20)11-5-19(6-11)15(21)10-2-3-12-13(4-10)23-8-22-12/h2-4,7,11H,5-6,8H2,1H3,(H,17,18,20). The molecule has 0 bridgehead atoms. The SMILES string of the molecule is Cc1csc(NC(=O)C2CN(C(=O)c3ccc4c(c3)OCO4)C2)n1. The molecule has 7 nitrogen and oxygen atoms in total. The van der Waals surface area contributed by atoms with Gasteiger partial charge >= 0.3 is 0 Å². The first-order chi connectivity index (χ1) is 11.6. The molecule has 124 valence electrons. The summed E-state index contributed by atoms with van der Waals surface area (Å²) in [6.07, 6.45) is 0. The van der Waals surface area contributed by atoms with Crippen molar-refractivity contribution in [3.8, 4) is 11.5 Å². The molecule has 24 heavy (non-hydrogen) atoms. The summed E-state index contributed by atoms with van der Waals surface area (Å²) in [6, 6.07) is 5.11. The summed E-state index contributed by atoms with van der Waals surface area (Å²) in [6.45, 7) is 2.86. The molecule has 0 spiro atoms. The molecule has 1 saturated heterocycles. The molecule has 0 atom stereocenters. The average Bonchev–Trinajstić information content (AvgIpc) is 3.13. The molecular weight excluding hydrogens is 330 g/mol. The Morgan fingerprint density at radius 2 is 2.08 bits per heavy atom. The third-order valence-corrected chi connectivity index (χ3v) is 4.88. The van der Waals surface area contributed by atoms with Gasteiger partial charge in [-0.15, -0.1) is 11.3 Å². The zero-order chi connectivity index (χ0) is 16.7. The van der Waals surface area contributed by atoms with E-state index in [0.29, 0.717) is 35.3 Å². The van der Waals surface area contributed by atoms with Crippen molar-refractivity contribution in [2.24, 2.45) is 5.92 Å². The predicted molar refractivity (Wildman–Crippen MR) is 87.4 cm³/mol. The number of amides is 2. The monoisotopic (exact) mass is 345 g/mol. The molecule has 2 aliphatic rings. The number of thiazole rings is 1. The van der Waals surface area contributed by atoms with Crippen molar-refractivity contribution in [1.82, 2.24) is 9.88 Å². The summed E-state index contributed by atoms with van der Waals surface area (Å²) in [5.74, 6) is 0.814. The summed E-state index contributed by atoms with van der Waals surface area (Å²) < 4.78 is 10.5. The second-order valence-electron chi connectivity index (χ2n) is 5.76. The number of fused-ring (bicyclic) bond motifs is 1. The molecule has 2 aliphatic heterocycles. The lowest BCUT2D eigenvalue weighted by Gasteiger charge is -2.38. The van der Waals surface area contributed by atoms with E-state index in [0.717, 1.165) is 5.69 Å². The Bertz CT molecular complexity index is 813. The molecule has 1 N–H and O–H groups in total. The third-order valence-electron chi connectivity index (χ3n) is 4.01. The lowest BCUT2D eigenvalue weighted by Crippen LogP contribution is -2.54. The molecule has 2 amide bonds. The number of likely N-dealkylation sites (tertiary alicyclic amines) is 1. The Balaban J connectivity index is 1.35. The van der Waals surface area contributed by atoms with E-state index in [2.05, 4.69) is 10.3 Å². The van der Waals surface area contributed by atoms with E-state index in [4.69, 9.17) is 9.47 Å². The van der Waals surface area contributed by atoms with Crippen LogP contribution in [0.2, 0.25) is 0 Å². The second kappa shape index (κ2) is 5.79. The summed E-state index contributed by atoms with van der Waals surface area (Å²) in [5, 5.41) is 5.27. The van der Waals surface area contributed by atoms with Crippen molar-refractivity contribution < 1.29 is 19.1 Å².